The molecule has 0 saturated heterocycles. The molecule has 0 amide bonds. The van der Waals surface area contributed by atoms with Crippen LogP contribution in [-0.4, -0.2) is 18.0 Å². The molecule has 3 N–H and O–H groups in total. The van der Waals surface area contributed by atoms with Gasteiger partial charge in [-0.25, -0.2) is 4.98 Å². The highest BCUT2D eigenvalue weighted by Gasteiger charge is 2.20. The van der Waals surface area contributed by atoms with Gasteiger partial charge >= 0.3 is 0 Å². The molecule has 21 heavy (non-hydrogen) atoms. The predicted octanol–water partition coefficient (Wildman–Crippen LogP) is 3.10. The Labute approximate surface area is 125 Å². The van der Waals surface area contributed by atoms with E-state index in [0.717, 1.165) is 5.56 Å². The Morgan fingerprint density at radius 3 is 2.67 bits per heavy atom. The normalized spacial score (nSPS) is 11.9. The standard InChI is InChI=1S/C14H12N2O3S2/c1-8-5-6-11-12(13(8)21(17,18)19)20-14(16-11)9-3-2-4-10(15)7-9/h2-7H,15H2,1H3,(H,17,18,19). The van der Waals surface area contributed by atoms with E-state index in [1.165, 1.54) is 11.3 Å². The summed E-state index contributed by atoms with van der Waals surface area (Å²) < 4.78 is 33.0. The third kappa shape index (κ3) is 2.51. The third-order valence-corrected chi connectivity index (χ3v) is 5.41. The van der Waals surface area contributed by atoms with Crippen LogP contribution in [0.2, 0.25) is 0 Å². The van der Waals surface area contributed by atoms with Gasteiger partial charge in [-0.2, -0.15) is 8.42 Å². The minimum absolute atomic E-state index is 0.0762. The first-order valence-electron chi connectivity index (χ1n) is 6.10. The second-order valence-electron chi connectivity index (χ2n) is 4.68. The predicted molar refractivity (Wildman–Crippen MR) is 84.0 cm³/mol. The van der Waals surface area contributed by atoms with Crippen LogP contribution in [0.15, 0.2) is 41.3 Å². The number of anilines is 1. The van der Waals surface area contributed by atoms with Crippen molar-refractivity contribution in [1.29, 1.82) is 0 Å². The summed E-state index contributed by atoms with van der Waals surface area (Å²) >= 11 is 1.22. The van der Waals surface area contributed by atoms with Crippen molar-refractivity contribution in [2.45, 2.75) is 11.8 Å². The molecule has 1 aromatic heterocycles. The Balaban J connectivity index is 2.31. The van der Waals surface area contributed by atoms with Crippen LogP contribution in [0, 0.1) is 6.92 Å². The molecule has 5 nitrogen and oxygen atoms in total. The van der Waals surface area contributed by atoms with Gasteiger partial charge in [0.05, 0.1) is 10.2 Å². The van der Waals surface area contributed by atoms with Gasteiger partial charge in [-0.1, -0.05) is 18.2 Å². The van der Waals surface area contributed by atoms with Gasteiger partial charge in [-0.3, -0.25) is 4.55 Å². The SMILES string of the molecule is Cc1ccc2nc(-c3cccc(N)c3)sc2c1S(=O)(=O)O. The second-order valence-corrected chi connectivity index (χ2v) is 7.04. The summed E-state index contributed by atoms with van der Waals surface area (Å²) in [6.45, 7) is 1.64. The lowest BCUT2D eigenvalue weighted by atomic mass is 10.2. The summed E-state index contributed by atoms with van der Waals surface area (Å²) in [5, 5.41) is 0.660. The number of aromatic nitrogens is 1. The highest BCUT2D eigenvalue weighted by Crippen LogP contribution is 2.36. The number of thiazole rings is 1. The largest absolute Gasteiger partial charge is 0.399 e. The van der Waals surface area contributed by atoms with E-state index in [4.69, 9.17) is 5.73 Å². The second kappa shape index (κ2) is 4.80. The first kappa shape index (κ1) is 14.0. The number of nitrogens with two attached hydrogens (primary N) is 1. The van der Waals surface area contributed by atoms with Crippen molar-refractivity contribution in [1.82, 2.24) is 4.98 Å². The number of nitrogens with zero attached hydrogens (tertiary/aromatic N) is 1. The fraction of sp³-hybridized carbons (Fsp3) is 0.0714. The maximum atomic E-state index is 11.6. The smallest absolute Gasteiger partial charge is 0.296 e. The van der Waals surface area contributed by atoms with Crippen LogP contribution in [0.5, 0.6) is 0 Å². The molecule has 108 valence electrons. The molecular weight excluding hydrogens is 308 g/mol. The summed E-state index contributed by atoms with van der Waals surface area (Å²) in [4.78, 5) is 4.35. The molecule has 0 spiro atoms. The Kier molecular flexibility index (Phi) is 3.20. The van der Waals surface area contributed by atoms with E-state index in [-0.39, 0.29) is 4.90 Å². The molecule has 0 aliphatic carbocycles. The van der Waals surface area contributed by atoms with Gasteiger partial charge in [0.1, 0.15) is 9.90 Å². The summed E-state index contributed by atoms with van der Waals surface area (Å²) in [6.07, 6.45) is 0. The minimum Gasteiger partial charge on any atom is -0.399 e. The van der Waals surface area contributed by atoms with Gasteiger partial charge < -0.3 is 5.73 Å². The zero-order chi connectivity index (χ0) is 15.2. The van der Waals surface area contributed by atoms with Crippen molar-refractivity contribution in [3.63, 3.8) is 0 Å². The maximum Gasteiger partial charge on any atom is 0.296 e. The topological polar surface area (TPSA) is 93.3 Å². The summed E-state index contributed by atoms with van der Waals surface area (Å²) in [5.41, 5.74) is 8.21. The molecule has 7 heteroatoms. The lowest BCUT2D eigenvalue weighted by Gasteiger charge is -2.02. The van der Waals surface area contributed by atoms with Gasteiger partial charge in [-0.15, -0.1) is 11.3 Å². The molecule has 0 aliphatic heterocycles. The van der Waals surface area contributed by atoms with Crippen molar-refractivity contribution in [3.8, 4) is 10.6 Å². The lowest BCUT2D eigenvalue weighted by molar-refractivity contribution is 0.484. The quantitative estimate of drug-likeness (QED) is 0.559. The molecule has 0 atom stereocenters. The third-order valence-electron chi connectivity index (χ3n) is 3.10. The average Bonchev–Trinajstić information content (AvgIpc) is 2.80. The lowest BCUT2D eigenvalue weighted by Crippen LogP contribution is -2.00. The van der Waals surface area contributed by atoms with E-state index in [0.29, 0.717) is 26.5 Å². The number of hydrogen-bond donors (Lipinski definition) is 2. The highest BCUT2D eigenvalue weighted by atomic mass is 32.2. The Morgan fingerprint density at radius 2 is 2.00 bits per heavy atom. The highest BCUT2D eigenvalue weighted by molar-refractivity contribution is 7.86. The van der Waals surface area contributed by atoms with Crippen molar-refractivity contribution in [3.05, 3.63) is 42.0 Å². The van der Waals surface area contributed by atoms with Crippen LogP contribution < -0.4 is 5.73 Å². The van der Waals surface area contributed by atoms with E-state index in [9.17, 15) is 13.0 Å². The van der Waals surface area contributed by atoms with Crippen LogP contribution in [0.25, 0.3) is 20.8 Å². The fourth-order valence-electron chi connectivity index (χ4n) is 2.18. The first-order valence-corrected chi connectivity index (χ1v) is 8.35. The van der Waals surface area contributed by atoms with Crippen LogP contribution in [0.1, 0.15) is 5.56 Å². The Hall–Kier alpha value is -1.96. The molecule has 0 unspecified atom stereocenters. The van der Waals surface area contributed by atoms with Crippen molar-refractivity contribution in [2.75, 3.05) is 5.73 Å². The molecular formula is C14H12N2O3S2. The zero-order valence-corrected chi connectivity index (χ0v) is 12.7. The van der Waals surface area contributed by atoms with Gasteiger partial charge in [-0.05, 0) is 30.7 Å². The Bertz CT molecular complexity index is 946. The summed E-state index contributed by atoms with van der Waals surface area (Å²) in [5.74, 6) is 0. The van der Waals surface area contributed by atoms with Gasteiger partial charge in [0, 0.05) is 11.3 Å². The molecule has 3 rings (SSSR count). The van der Waals surface area contributed by atoms with E-state index < -0.39 is 10.1 Å². The van der Waals surface area contributed by atoms with Crippen LogP contribution in [0.4, 0.5) is 5.69 Å². The number of nitrogen functional groups attached to an aromatic ring is 1. The van der Waals surface area contributed by atoms with Crippen molar-refractivity contribution < 1.29 is 13.0 Å². The molecule has 0 aliphatic rings. The first-order chi connectivity index (χ1) is 9.86. The molecule has 0 radical (unpaired) electrons. The van der Waals surface area contributed by atoms with Gasteiger partial charge in [0.2, 0.25) is 0 Å². The number of rotatable bonds is 2. The molecule has 3 aromatic rings. The fourth-order valence-corrected chi connectivity index (χ4v) is 4.49. The monoisotopic (exact) mass is 320 g/mol. The van der Waals surface area contributed by atoms with E-state index in [1.807, 2.05) is 12.1 Å². The summed E-state index contributed by atoms with van der Waals surface area (Å²) in [7, 11) is -4.29. The van der Waals surface area contributed by atoms with Gasteiger partial charge in [0.25, 0.3) is 10.1 Å². The van der Waals surface area contributed by atoms with E-state index in [1.54, 1.807) is 31.2 Å². The number of aryl methyl sites for hydroxylation is 1. The van der Waals surface area contributed by atoms with Crippen LogP contribution in [-0.2, 0) is 10.1 Å². The van der Waals surface area contributed by atoms with Crippen molar-refractivity contribution in [2.24, 2.45) is 0 Å². The molecule has 1 heterocycles. The molecule has 0 bridgehead atoms. The maximum absolute atomic E-state index is 11.6. The number of hydrogen-bond acceptors (Lipinski definition) is 5. The Morgan fingerprint density at radius 1 is 1.24 bits per heavy atom. The van der Waals surface area contributed by atoms with Crippen LogP contribution >= 0.6 is 11.3 Å². The molecule has 0 fully saturated rings. The summed E-state index contributed by atoms with van der Waals surface area (Å²) in [6, 6.07) is 10.6. The van der Waals surface area contributed by atoms with Crippen LogP contribution in [0.3, 0.4) is 0 Å². The van der Waals surface area contributed by atoms with E-state index in [2.05, 4.69) is 4.98 Å². The number of benzene rings is 2. The van der Waals surface area contributed by atoms with Gasteiger partial charge in [0.15, 0.2) is 0 Å². The molecule has 2 aromatic carbocycles. The number of fused-ring (bicyclic) bond motifs is 1. The molecule has 0 saturated carbocycles. The zero-order valence-electron chi connectivity index (χ0n) is 11.1. The van der Waals surface area contributed by atoms with Crippen molar-refractivity contribution >= 4 is 37.4 Å². The minimum atomic E-state index is -4.29. The average molecular weight is 320 g/mol. The van der Waals surface area contributed by atoms with E-state index >= 15 is 0 Å².